The number of hydrogen-bond acceptors (Lipinski definition) is 9. The topological polar surface area (TPSA) is 158 Å². The van der Waals surface area contributed by atoms with Crippen molar-refractivity contribution in [2.75, 3.05) is 20.6 Å². The first kappa shape index (κ1) is 43.6. The Morgan fingerprint density at radius 2 is 1.74 bits per heavy atom. The molecule has 3 rings (SSSR count). The lowest BCUT2D eigenvalue weighted by molar-refractivity contribution is -0.149. The highest BCUT2D eigenvalue weighted by Crippen LogP contribution is 2.34. The molecule has 0 bridgehead atoms. The second-order valence-electron chi connectivity index (χ2n) is 16.0. The molecule has 2 heterocycles. The summed E-state index contributed by atoms with van der Waals surface area (Å²) < 4.78 is 5.78. The normalized spacial score (nSPS) is 19.3. The predicted molar refractivity (Wildman–Crippen MR) is 206 cm³/mol. The smallest absolute Gasteiger partial charge is 0.306 e. The summed E-state index contributed by atoms with van der Waals surface area (Å²) in [6.45, 7) is 16.0. The number of esters is 1. The summed E-state index contributed by atoms with van der Waals surface area (Å²) >= 11 is 1.18. The van der Waals surface area contributed by atoms with Crippen molar-refractivity contribution >= 4 is 41.0 Å². The molecule has 53 heavy (non-hydrogen) atoms. The first-order chi connectivity index (χ1) is 24.8. The molecule has 0 unspecified atom stereocenters. The van der Waals surface area contributed by atoms with Crippen LogP contribution in [-0.4, -0.2) is 94.4 Å². The van der Waals surface area contributed by atoms with E-state index in [1.165, 1.54) is 18.3 Å². The van der Waals surface area contributed by atoms with E-state index in [9.17, 15) is 29.1 Å². The molecule has 7 atom stereocenters. The number of aliphatic carboxylic acids is 1. The van der Waals surface area contributed by atoms with E-state index < -0.39 is 48.0 Å². The molecule has 3 N–H and O–H groups in total. The van der Waals surface area contributed by atoms with Crippen LogP contribution in [0.4, 0.5) is 0 Å². The third kappa shape index (κ3) is 12.6. The molecule has 0 radical (unpaired) electrons. The van der Waals surface area contributed by atoms with Gasteiger partial charge >= 0.3 is 11.9 Å². The molecule has 12 nitrogen and oxygen atoms in total. The zero-order valence-electron chi connectivity index (χ0n) is 33.2. The molecular formula is C40H61N5O7S. The van der Waals surface area contributed by atoms with Crippen LogP contribution in [0, 0.1) is 23.2 Å². The number of carbonyl (C=O) groups excluding carboxylic acids is 4. The van der Waals surface area contributed by atoms with Gasteiger partial charge in [-0.3, -0.25) is 28.9 Å². The molecule has 0 aliphatic carbocycles. The number of aromatic nitrogens is 1. The van der Waals surface area contributed by atoms with Crippen molar-refractivity contribution in [3.63, 3.8) is 0 Å². The van der Waals surface area contributed by atoms with Gasteiger partial charge in [-0.2, -0.15) is 0 Å². The lowest BCUT2D eigenvalue weighted by Crippen LogP contribution is -2.59. The average Bonchev–Trinajstić information content (AvgIpc) is 3.60. The average molecular weight is 756 g/mol. The number of thiazole rings is 1. The summed E-state index contributed by atoms with van der Waals surface area (Å²) in [7, 11) is 3.67. The van der Waals surface area contributed by atoms with E-state index in [4.69, 9.17) is 4.74 Å². The van der Waals surface area contributed by atoms with E-state index >= 15 is 0 Å². The predicted octanol–water partition coefficient (Wildman–Crippen LogP) is 5.72. The fourth-order valence-electron chi connectivity index (χ4n) is 6.94. The van der Waals surface area contributed by atoms with Crippen LogP contribution in [0.3, 0.4) is 0 Å². The Morgan fingerprint density at radius 1 is 1.08 bits per heavy atom. The molecule has 294 valence electrons. The van der Waals surface area contributed by atoms with Crippen molar-refractivity contribution in [2.45, 2.75) is 124 Å². The van der Waals surface area contributed by atoms with Gasteiger partial charge in [-0.15, -0.1) is 11.3 Å². The van der Waals surface area contributed by atoms with E-state index in [1.54, 1.807) is 24.3 Å². The van der Waals surface area contributed by atoms with Gasteiger partial charge in [0.1, 0.15) is 16.7 Å². The van der Waals surface area contributed by atoms with Gasteiger partial charge in [0.15, 0.2) is 6.10 Å². The van der Waals surface area contributed by atoms with Crippen molar-refractivity contribution in [1.29, 1.82) is 0 Å². The number of nitrogens with zero attached hydrogens (tertiary/aromatic N) is 3. The molecular weight excluding hydrogens is 695 g/mol. The van der Waals surface area contributed by atoms with E-state index in [0.29, 0.717) is 24.3 Å². The number of piperidine rings is 1. The Hall–Kier alpha value is -3.84. The zero-order chi connectivity index (χ0) is 39.6. The number of likely N-dealkylation sites (tertiary alicyclic amines) is 1. The van der Waals surface area contributed by atoms with Gasteiger partial charge in [0, 0.05) is 37.9 Å². The highest BCUT2D eigenvalue weighted by molar-refractivity contribution is 7.09. The number of carbonyl (C=O) groups is 5. The minimum Gasteiger partial charge on any atom is -0.481 e. The summed E-state index contributed by atoms with van der Waals surface area (Å²) in [4.78, 5) is 73.8. The maximum atomic E-state index is 14.3. The van der Waals surface area contributed by atoms with Crippen LogP contribution in [0.2, 0.25) is 0 Å². The highest BCUT2D eigenvalue weighted by atomic mass is 32.1. The Morgan fingerprint density at radius 3 is 2.32 bits per heavy atom. The molecule has 1 fully saturated rings. The first-order valence-electron chi connectivity index (χ1n) is 18.8. The Labute approximate surface area is 319 Å². The van der Waals surface area contributed by atoms with Gasteiger partial charge in [-0.05, 0) is 62.1 Å². The second-order valence-corrected chi connectivity index (χ2v) is 16.9. The minimum absolute atomic E-state index is 0.0226. The standard InChI is InChI=1S/C40H61N5O7S/c1-11-25(4)34(43-36(48)32-22-40(7,8)17-18-44(32)9)38(49)45(10)31(24(2)3)21-33(52-27(6)46)37-42-30(23-53-37)35(47)41-29(19-26(5)39(50)51)20-28-15-13-12-14-16-28/h12-16,23-26,29,31-34H,11,17-22H2,1-10H3,(H,41,47)(H,43,48)(H,50,51)/t25-,26-,29+,31+,32+,33+,34-/m0/s1. The van der Waals surface area contributed by atoms with Gasteiger partial charge in [0.05, 0.1) is 12.0 Å². The summed E-state index contributed by atoms with van der Waals surface area (Å²) in [6.07, 6.45) is 2.44. The molecule has 13 heteroatoms. The number of carboxylic acid groups (broad SMARTS) is 1. The number of rotatable bonds is 18. The fourth-order valence-corrected chi connectivity index (χ4v) is 7.78. The molecule has 0 saturated carbocycles. The number of nitrogens with one attached hydrogen (secondary N) is 2. The lowest BCUT2D eigenvalue weighted by Gasteiger charge is -2.42. The second kappa shape index (κ2) is 19.5. The fraction of sp³-hybridized carbons (Fsp3) is 0.650. The van der Waals surface area contributed by atoms with Crippen molar-refractivity contribution in [1.82, 2.24) is 25.4 Å². The Balaban J connectivity index is 1.82. The van der Waals surface area contributed by atoms with Gasteiger partial charge in [-0.1, -0.05) is 85.2 Å². The number of carboxylic acids is 1. The van der Waals surface area contributed by atoms with Crippen molar-refractivity contribution in [2.24, 2.45) is 23.2 Å². The van der Waals surface area contributed by atoms with Gasteiger partial charge in [0.25, 0.3) is 5.91 Å². The molecule has 2 aromatic rings. The Kier molecular flexibility index (Phi) is 16.0. The molecule has 0 spiro atoms. The number of benzene rings is 1. The van der Waals surface area contributed by atoms with Crippen LogP contribution in [-0.2, 0) is 30.3 Å². The van der Waals surface area contributed by atoms with E-state index in [1.807, 2.05) is 65.1 Å². The van der Waals surface area contributed by atoms with Crippen LogP contribution in [0.15, 0.2) is 35.7 Å². The van der Waals surface area contributed by atoms with E-state index in [0.717, 1.165) is 18.5 Å². The zero-order valence-corrected chi connectivity index (χ0v) is 34.0. The van der Waals surface area contributed by atoms with Gasteiger partial charge in [0.2, 0.25) is 11.8 Å². The monoisotopic (exact) mass is 755 g/mol. The van der Waals surface area contributed by atoms with E-state index in [-0.39, 0.29) is 53.6 Å². The van der Waals surface area contributed by atoms with Gasteiger partial charge in [-0.25, -0.2) is 4.98 Å². The Bertz CT molecular complexity index is 1550. The molecule has 1 aromatic carbocycles. The van der Waals surface area contributed by atoms with Crippen LogP contribution in [0.1, 0.15) is 115 Å². The SMILES string of the molecule is CC[C@H](C)[C@H](NC(=O)[C@H]1CC(C)(C)CCN1C)C(=O)N(C)[C@H](C[C@@H](OC(C)=O)c1nc(C(=O)N[C@@H](Cc2ccccc2)C[C@H](C)C(=O)O)cs1)C(C)C. The van der Waals surface area contributed by atoms with Crippen LogP contribution < -0.4 is 10.6 Å². The summed E-state index contributed by atoms with van der Waals surface area (Å²) in [5.74, 6) is -3.16. The van der Waals surface area contributed by atoms with Crippen LogP contribution >= 0.6 is 11.3 Å². The number of likely N-dealkylation sites (N-methyl/N-ethyl adjacent to an activating group) is 2. The summed E-state index contributed by atoms with van der Waals surface area (Å²) in [5, 5.41) is 17.6. The highest BCUT2D eigenvalue weighted by Gasteiger charge is 2.40. The summed E-state index contributed by atoms with van der Waals surface area (Å²) in [5.41, 5.74) is 1.11. The van der Waals surface area contributed by atoms with Crippen molar-refractivity contribution in [3.05, 3.63) is 52.0 Å². The lowest BCUT2D eigenvalue weighted by atomic mass is 9.78. The van der Waals surface area contributed by atoms with Crippen LogP contribution in [0.25, 0.3) is 0 Å². The van der Waals surface area contributed by atoms with Crippen molar-refractivity contribution < 1.29 is 33.8 Å². The van der Waals surface area contributed by atoms with E-state index in [2.05, 4.69) is 34.4 Å². The first-order valence-corrected chi connectivity index (χ1v) is 19.7. The minimum atomic E-state index is -0.945. The third-order valence-corrected chi connectivity index (χ3v) is 11.6. The molecule has 3 amide bonds. The van der Waals surface area contributed by atoms with Gasteiger partial charge < -0.3 is 25.4 Å². The quantitative estimate of drug-likeness (QED) is 0.162. The largest absolute Gasteiger partial charge is 0.481 e. The third-order valence-electron chi connectivity index (χ3n) is 10.6. The van der Waals surface area contributed by atoms with Crippen LogP contribution in [0.5, 0.6) is 0 Å². The van der Waals surface area contributed by atoms with Crippen molar-refractivity contribution in [3.8, 4) is 0 Å². The molecule has 1 aromatic heterocycles. The molecule has 1 aliphatic heterocycles. The maximum absolute atomic E-state index is 14.3. The number of hydrogen-bond donors (Lipinski definition) is 3. The molecule has 1 aliphatic rings. The molecule has 1 saturated heterocycles. The summed E-state index contributed by atoms with van der Waals surface area (Å²) in [6, 6.07) is 7.60. The number of ether oxygens (including phenoxy) is 1. The number of amides is 3. The maximum Gasteiger partial charge on any atom is 0.306 e.